The van der Waals surface area contributed by atoms with Crippen molar-refractivity contribution < 1.29 is 4.74 Å². The number of ether oxygens (including phenoxy) is 1. The third kappa shape index (κ3) is 3.71. The van der Waals surface area contributed by atoms with Crippen molar-refractivity contribution in [2.45, 2.75) is 43.1 Å². The Bertz CT molecular complexity index is 292. The van der Waals surface area contributed by atoms with Crippen molar-refractivity contribution in [1.29, 1.82) is 0 Å². The van der Waals surface area contributed by atoms with Crippen molar-refractivity contribution >= 4 is 23.1 Å². The Morgan fingerprint density at radius 2 is 2.38 bits per heavy atom. The zero-order valence-electron chi connectivity index (χ0n) is 9.59. The summed E-state index contributed by atoms with van der Waals surface area (Å²) in [5, 5.41) is 7.80. The Labute approximate surface area is 105 Å². The van der Waals surface area contributed by atoms with Crippen molar-refractivity contribution in [3.05, 3.63) is 5.51 Å². The van der Waals surface area contributed by atoms with Gasteiger partial charge in [-0.05, 0) is 18.8 Å². The third-order valence-electron chi connectivity index (χ3n) is 3.01. The molecule has 1 saturated carbocycles. The lowest BCUT2D eigenvalue weighted by Gasteiger charge is -2.28. The van der Waals surface area contributed by atoms with Crippen LogP contribution in [0.15, 0.2) is 9.85 Å². The van der Waals surface area contributed by atoms with Gasteiger partial charge in [0.15, 0.2) is 4.34 Å². The Hall–Kier alpha value is -0.130. The predicted molar refractivity (Wildman–Crippen MR) is 68.0 cm³/mol. The van der Waals surface area contributed by atoms with Gasteiger partial charge in [0.2, 0.25) is 0 Å². The molecular weight excluding hydrogens is 240 g/mol. The third-order valence-corrected chi connectivity index (χ3v) is 4.84. The van der Waals surface area contributed by atoms with Gasteiger partial charge in [0.05, 0.1) is 12.7 Å². The summed E-state index contributed by atoms with van der Waals surface area (Å²) in [7, 11) is 0. The lowest BCUT2D eigenvalue weighted by molar-refractivity contribution is 0.00347. The lowest BCUT2D eigenvalue weighted by atomic mass is 9.88. The minimum Gasteiger partial charge on any atom is -0.377 e. The van der Waals surface area contributed by atoms with Crippen LogP contribution < -0.4 is 0 Å². The van der Waals surface area contributed by atoms with E-state index in [1.165, 1.54) is 25.7 Å². The van der Waals surface area contributed by atoms with Gasteiger partial charge in [-0.3, -0.25) is 0 Å². The number of thioether (sulfide) groups is 1. The molecule has 1 heterocycles. The maximum atomic E-state index is 5.93. The summed E-state index contributed by atoms with van der Waals surface area (Å²) in [6.07, 6.45) is 5.77. The topological polar surface area (TPSA) is 35.0 Å². The van der Waals surface area contributed by atoms with Gasteiger partial charge in [0.1, 0.15) is 5.51 Å². The van der Waals surface area contributed by atoms with Crippen molar-refractivity contribution in [1.82, 2.24) is 10.2 Å². The fourth-order valence-corrected chi connectivity index (χ4v) is 3.47. The summed E-state index contributed by atoms with van der Waals surface area (Å²) in [6.45, 7) is 3.14. The normalized spacial score (nSPS) is 25.8. The first kappa shape index (κ1) is 12.3. The molecule has 2 unspecified atom stereocenters. The Balaban J connectivity index is 1.60. The number of hydrogen-bond acceptors (Lipinski definition) is 5. The Morgan fingerprint density at radius 3 is 3.12 bits per heavy atom. The van der Waals surface area contributed by atoms with Crippen LogP contribution in [-0.2, 0) is 4.74 Å². The van der Waals surface area contributed by atoms with Crippen LogP contribution in [0.3, 0.4) is 0 Å². The Morgan fingerprint density at radius 1 is 1.50 bits per heavy atom. The number of aromatic nitrogens is 2. The standard InChI is InChI=1S/C11H18N2OS2/c1-9-4-2-3-5-10(9)14-6-7-15-11-13-12-8-16-11/h8-10H,2-7H2,1H3. The molecule has 2 rings (SSSR count). The van der Waals surface area contributed by atoms with Gasteiger partial charge in [-0.1, -0.05) is 42.9 Å². The van der Waals surface area contributed by atoms with Gasteiger partial charge < -0.3 is 4.74 Å². The quantitative estimate of drug-likeness (QED) is 0.600. The molecule has 0 bridgehead atoms. The lowest BCUT2D eigenvalue weighted by Crippen LogP contribution is -2.26. The van der Waals surface area contributed by atoms with Crippen LogP contribution in [0.4, 0.5) is 0 Å². The van der Waals surface area contributed by atoms with Crippen LogP contribution in [0.5, 0.6) is 0 Å². The van der Waals surface area contributed by atoms with Crippen LogP contribution in [0.25, 0.3) is 0 Å². The average molecular weight is 258 g/mol. The van der Waals surface area contributed by atoms with Gasteiger partial charge >= 0.3 is 0 Å². The molecule has 90 valence electrons. The van der Waals surface area contributed by atoms with Crippen LogP contribution >= 0.6 is 23.1 Å². The molecule has 0 N–H and O–H groups in total. The van der Waals surface area contributed by atoms with Gasteiger partial charge in [-0.25, -0.2) is 0 Å². The maximum Gasteiger partial charge on any atom is 0.174 e. The van der Waals surface area contributed by atoms with E-state index in [0.29, 0.717) is 6.10 Å². The molecule has 1 aromatic rings. The molecule has 0 aliphatic heterocycles. The van der Waals surface area contributed by atoms with Gasteiger partial charge in [-0.15, -0.1) is 10.2 Å². The molecule has 0 radical (unpaired) electrons. The summed E-state index contributed by atoms with van der Waals surface area (Å²) in [5.41, 5.74) is 1.77. The molecule has 1 aliphatic carbocycles. The SMILES string of the molecule is CC1CCCCC1OCCSc1nncs1. The molecular formula is C11H18N2OS2. The van der Waals surface area contributed by atoms with E-state index in [0.717, 1.165) is 22.6 Å². The van der Waals surface area contributed by atoms with E-state index in [1.807, 2.05) is 0 Å². The summed E-state index contributed by atoms with van der Waals surface area (Å²) in [5.74, 6) is 1.72. The molecule has 5 heteroatoms. The van der Waals surface area contributed by atoms with Crippen LogP contribution in [0, 0.1) is 5.92 Å². The monoisotopic (exact) mass is 258 g/mol. The minimum atomic E-state index is 0.490. The van der Waals surface area contributed by atoms with Crippen molar-refractivity contribution in [3.63, 3.8) is 0 Å². The van der Waals surface area contributed by atoms with E-state index in [4.69, 9.17) is 4.74 Å². The second-order valence-corrected chi connectivity index (χ2v) is 6.40. The highest BCUT2D eigenvalue weighted by atomic mass is 32.2. The summed E-state index contributed by atoms with van der Waals surface area (Å²) < 4.78 is 6.97. The molecule has 2 atom stereocenters. The molecule has 1 aromatic heterocycles. The molecule has 0 amide bonds. The maximum absolute atomic E-state index is 5.93. The van der Waals surface area contributed by atoms with Crippen LogP contribution in [0.2, 0.25) is 0 Å². The van der Waals surface area contributed by atoms with E-state index >= 15 is 0 Å². The van der Waals surface area contributed by atoms with E-state index < -0.39 is 0 Å². The molecule has 0 saturated heterocycles. The van der Waals surface area contributed by atoms with Crippen LogP contribution in [0.1, 0.15) is 32.6 Å². The van der Waals surface area contributed by atoms with E-state index in [-0.39, 0.29) is 0 Å². The molecule has 16 heavy (non-hydrogen) atoms. The molecule has 0 spiro atoms. The highest BCUT2D eigenvalue weighted by Crippen LogP contribution is 2.26. The Kier molecular flexibility index (Phi) is 5.06. The highest BCUT2D eigenvalue weighted by Gasteiger charge is 2.21. The second-order valence-electron chi connectivity index (χ2n) is 4.22. The van der Waals surface area contributed by atoms with Crippen molar-refractivity contribution in [2.75, 3.05) is 12.4 Å². The average Bonchev–Trinajstić information content (AvgIpc) is 2.79. The number of nitrogens with zero attached hydrogens (tertiary/aromatic N) is 2. The molecule has 3 nitrogen and oxygen atoms in total. The van der Waals surface area contributed by atoms with Crippen molar-refractivity contribution in [3.8, 4) is 0 Å². The highest BCUT2D eigenvalue weighted by molar-refractivity contribution is 8.01. The van der Waals surface area contributed by atoms with Gasteiger partial charge in [0, 0.05) is 5.75 Å². The largest absolute Gasteiger partial charge is 0.377 e. The summed E-state index contributed by atoms with van der Waals surface area (Å²) >= 11 is 3.33. The predicted octanol–water partition coefficient (Wildman–Crippen LogP) is 3.23. The van der Waals surface area contributed by atoms with E-state index in [2.05, 4.69) is 17.1 Å². The van der Waals surface area contributed by atoms with E-state index in [1.54, 1.807) is 28.6 Å². The fourth-order valence-electron chi connectivity index (χ4n) is 2.08. The summed E-state index contributed by atoms with van der Waals surface area (Å²) in [4.78, 5) is 0. The molecule has 1 fully saturated rings. The zero-order valence-corrected chi connectivity index (χ0v) is 11.2. The zero-order chi connectivity index (χ0) is 11.2. The fraction of sp³-hybridized carbons (Fsp3) is 0.818. The van der Waals surface area contributed by atoms with E-state index in [9.17, 15) is 0 Å². The first-order valence-electron chi connectivity index (χ1n) is 5.87. The minimum absolute atomic E-state index is 0.490. The first-order chi connectivity index (χ1) is 7.86. The number of rotatable bonds is 5. The molecule has 0 aromatic carbocycles. The second kappa shape index (κ2) is 6.57. The first-order valence-corrected chi connectivity index (χ1v) is 7.73. The smallest absolute Gasteiger partial charge is 0.174 e. The molecule has 1 aliphatic rings. The number of hydrogen-bond donors (Lipinski definition) is 0. The van der Waals surface area contributed by atoms with Crippen molar-refractivity contribution in [2.24, 2.45) is 5.92 Å². The van der Waals surface area contributed by atoms with Gasteiger partial charge in [-0.2, -0.15) is 0 Å². The summed E-state index contributed by atoms with van der Waals surface area (Å²) in [6, 6.07) is 0. The van der Waals surface area contributed by atoms with Gasteiger partial charge in [0.25, 0.3) is 0 Å². The van der Waals surface area contributed by atoms with Crippen LogP contribution in [-0.4, -0.2) is 28.7 Å².